The lowest BCUT2D eigenvalue weighted by atomic mass is 10.0. The molecule has 0 heterocycles. The molecule has 0 saturated carbocycles. The highest BCUT2D eigenvalue weighted by atomic mass is 15.0. The Balaban J connectivity index is 3.81. The Morgan fingerprint density at radius 3 is 1.83 bits per heavy atom. The summed E-state index contributed by atoms with van der Waals surface area (Å²) in [5.74, 6) is 0. The van der Waals surface area contributed by atoms with Crippen molar-refractivity contribution < 1.29 is 0 Å². The molecule has 0 spiro atoms. The fourth-order valence-electron chi connectivity index (χ4n) is 1.27. The molecule has 3 heteroatoms. The molecule has 0 aliphatic rings. The van der Waals surface area contributed by atoms with E-state index in [4.69, 9.17) is 0 Å². The topological polar surface area (TPSA) is 36.1 Å². The molecule has 0 radical (unpaired) electrons. The van der Waals surface area contributed by atoms with Crippen LogP contribution in [-0.4, -0.2) is 39.3 Å². The smallest absolute Gasteiger partial charge is 0.0230 e. The fraction of sp³-hybridized carbons (Fsp3) is 1.00. The van der Waals surface area contributed by atoms with E-state index in [0.29, 0.717) is 18.1 Å². The van der Waals surface area contributed by atoms with Gasteiger partial charge in [-0.25, -0.2) is 0 Å². The molecule has 0 rings (SSSR count). The van der Waals surface area contributed by atoms with Gasteiger partial charge in [-0.15, -0.1) is 0 Å². The van der Waals surface area contributed by atoms with Gasteiger partial charge in [-0.1, -0.05) is 0 Å². The Hall–Kier alpha value is -0.120. The molecular formula is C9H23N3. The molecule has 0 amide bonds. The minimum absolute atomic E-state index is 0.519. The zero-order chi connectivity index (χ0) is 9.56. The van der Waals surface area contributed by atoms with Crippen molar-refractivity contribution in [2.75, 3.05) is 21.1 Å². The highest BCUT2D eigenvalue weighted by molar-refractivity contribution is 4.79. The predicted octanol–water partition coefficient (Wildman–Crippen LogP) is 0.180. The van der Waals surface area contributed by atoms with Crippen LogP contribution >= 0.6 is 0 Å². The summed E-state index contributed by atoms with van der Waals surface area (Å²) in [6.45, 7) is 4.40. The normalized spacial score (nSPS) is 18.8. The van der Waals surface area contributed by atoms with Crippen LogP contribution in [0.2, 0.25) is 0 Å². The lowest BCUT2D eigenvalue weighted by Crippen LogP contribution is -2.46. The molecule has 0 aliphatic heterocycles. The van der Waals surface area contributed by atoms with Crippen LogP contribution in [0.5, 0.6) is 0 Å². The molecule has 74 valence electrons. The summed E-state index contributed by atoms with van der Waals surface area (Å²) in [5, 5.41) is 9.81. The number of nitrogens with one attached hydrogen (secondary N) is 3. The molecule has 3 unspecified atom stereocenters. The average Bonchev–Trinajstić information content (AvgIpc) is 2.12. The van der Waals surface area contributed by atoms with E-state index in [1.807, 2.05) is 21.1 Å². The molecule has 0 aromatic heterocycles. The first-order valence-corrected chi connectivity index (χ1v) is 4.67. The second kappa shape index (κ2) is 6.40. The molecule has 3 atom stereocenters. The number of likely N-dealkylation sites (N-methyl/N-ethyl adjacent to an activating group) is 2. The summed E-state index contributed by atoms with van der Waals surface area (Å²) in [7, 11) is 6.02. The highest BCUT2D eigenvalue weighted by Gasteiger charge is 2.15. The van der Waals surface area contributed by atoms with Gasteiger partial charge in [0.25, 0.3) is 0 Å². The van der Waals surface area contributed by atoms with Crippen molar-refractivity contribution in [2.45, 2.75) is 38.4 Å². The number of hydrogen-bond acceptors (Lipinski definition) is 3. The van der Waals surface area contributed by atoms with Crippen molar-refractivity contribution in [2.24, 2.45) is 0 Å². The first-order chi connectivity index (χ1) is 5.65. The van der Waals surface area contributed by atoms with E-state index in [-0.39, 0.29) is 0 Å². The predicted molar refractivity (Wildman–Crippen MR) is 54.5 cm³/mol. The number of rotatable bonds is 6. The first kappa shape index (κ1) is 11.9. The Labute approximate surface area is 76.3 Å². The molecule has 3 N–H and O–H groups in total. The largest absolute Gasteiger partial charge is 0.317 e. The van der Waals surface area contributed by atoms with E-state index >= 15 is 0 Å². The van der Waals surface area contributed by atoms with Crippen LogP contribution in [0.4, 0.5) is 0 Å². The Kier molecular flexibility index (Phi) is 6.34. The molecular weight excluding hydrogens is 150 g/mol. The van der Waals surface area contributed by atoms with Crippen molar-refractivity contribution in [1.82, 2.24) is 16.0 Å². The van der Waals surface area contributed by atoms with E-state index in [1.165, 1.54) is 0 Å². The average molecular weight is 173 g/mol. The molecule has 3 nitrogen and oxygen atoms in total. The maximum Gasteiger partial charge on any atom is 0.0230 e. The van der Waals surface area contributed by atoms with E-state index in [2.05, 4.69) is 29.8 Å². The van der Waals surface area contributed by atoms with Gasteiger partial charge < -0.3 is 16.0 Å². The first-order valence-electron chi connectivity index (χ1n) is 4.67. The third-order valence-corrected chi connectivity index (χ3v) is 2.53. The molecule has 0 bridgehead atoms. The summed E-state index contributed by atoms with van der Waals surface area (Å²) in [5.41, 5.74) is 0. The van der Waals surface area contributed by atoms with E-state index in [9.17, 15) is 0 Å². The maximum atomic E-state index is 3.32. The van der Waals surface area contributed by atoms with Gasteiger partial charge in [0, 0.05) is 18.1 Å². The van der Waals surface area contributed by atoms with Crippen molar-refractivity contribution >= 4 is 0 Å². The zero-order valence-corrected chi connectivity index (χ0v) is 8.94. The summed E-state index contributed by atoms with van der Waals surface area (Å²) < 4.78 is 0. The fourth-order valence-corrected chi connectivity index (χ4v) is 1.27. The van der Waals surface area contributed by atoms with Gasteiger partial charge in [0.05, 0.1) is 0 Å². The van der Waals surface area contributed by atoms with Crippen LogP contribution in [0.3, 0.4) is 0 Å². The zero-order valence-electron chi connectivity index (χ0n) is 8.94. The van der Waals surface area contributed by atoms with Gasteiger partial charge in [0.1, 0.15) is 0 Å². The second-order valence-corrected chi connectivity index (χ2v) is 3.40. The van der Waals surface area contributed by atoms with Gasteiger partial charge >= 0.3 is 0 Å². The van der Waals surface area contributed by atoms with Crippen LogP contribution < -0.4 is 16.0 Å². The van der Waals surface area contributed by atoms with Crippen LogP contribution in [0.1, 0.15) is 20.3 Å². The Morgan fingerprint density at radius 1 is 0.917 bits per heavy atom. The van der Waals surface area contributed by atoms with Crippen LogP contribution in [0.25, 0.3) is 0 Å². The number of hydrogen-bond donors (Lipinski definition) is 3. The van der Waals surface area contributed by atoms with Gasteiger partial charge in [-0.3, -0.25) is 0 Å². The molecule has 0 aliphatic carbocycles. The van der Waals surface area contributed by atoms with Crippen molar-refractivity contribution in [1.29, 1.82) is 0 Å². The monoisotopic (exact) mass is 173 g/mol. The van der Waals surface area contributed by atoms with E-state index in [0.717, 1.165) is 6.42 Å². The summed E-state index contributed by atoms with van der Waals surface area (Å²) in [6, 6.07) is 1.63. The van der Waals surface area contributed by atoms with Crippen LogP contribution in [0.15, 0.2) is 0 Å². The van der Waals surface area contributed by atoms with Gasteiger partial charge in [0.15, 0.2) is 0 Å². The lowest BCUT2D eigenvalue weighted by Gasteiger charge is -2.25. The van der Waals surface area contributed by atoms with Gasteiger partial charge in [-0.05, 0) is 41.4 Å². The summed E-state index contributed by atoms with van der Waals surface area (Å²) in [4.78, 5) is 0. The van der Waals surface area contributed by atoms with Crippen LogP contribution in [0, 0.1) is 0 Å². The van der Waals surface area contributed by atoms with Gasteiger partial charge in [0.2, 0.25) is 0 Å². The summed E-state index contributed by atoms with van der Waals surface area (Å²) in [6.07, 6.45) is 1.15. The molecule has 0 saturated heterocycles. The Bertz CT molecular complexity index is 106. The van der Waals surface area contributed by atoms with E-state index < -0.39 is 0 Å². The minimum Gasteiger partial charge on any atom is -0.317 e. The highest BCUT2D eigenvalue weighted by Crippen LogP contribution is 2.01. The minimum atomic E-state index is 0.519. The second-order valence-electron chi connectivity index (χ2n) is 3.40. The molecule has 0 aromatic carbocycles. The standard InChI is InChI=1S/C9H23N3/c1-7(10-3)6-9(12-5)8(2)11-4/h7-12H,6H2,1-5H3. The van der Waals surface area contributed by atoms with Crippen molar-refractivity contribution in [3.63, 3.8) is 0 Å². The molecule has 0 fully saturated rings. The third kappa shape index (κ3) is 4.04. The lowest BCUT2D eigenvalue weighted by molar-refractivity contribution is 0.371. The third-order valence-electron chi connectivity index (χ3n) is 2.53. The molecule has 12 heavy (non-hydrogen) atoms. The van der Waals surface area contributed by atoms with Crippen molar-refractivity contribution in [3.8, 4) is 0 Å². The quantitative estimate of drug-likeness (QED) is 0.536. The van der Waals surface area contributed by atoms with Crippen molar-refractivity contribution in [3.05, 3.63) is 0 Å². The summed E-state index contributed by atoms with van der Waals surface area (Å²) >= 11 is 0. The molecule has 0 aromatic rings. The van der Waals surface area contributed by atoms with E-state index in [1.54, 1.807) is 0 Å². The maximum absolute atomic E-state index is 3.32. The van der Waals surface area contributed by atoms with Crippen LogP contribution in [-0.2, 0) is 0 Å². The SMILES string of the molecule is CNC(C)CC(NC)C(C)NC. The van der Waals surface area contributed by atoms with Gasteiger partial charge in [-0.2, -0.15) is 0 Å². The Morgan fingerprint density at radius 2 is 1.50 bits per heavy atom.